The molecule has 94 valence electrons. The smallest absolute Gasteiger partial charge is 0.411 e. The quantitative estimate of drug-likeness (QED) is 0.720. The van der Waals surface area contributed by atoms with Gasteiger partial charge >= 0.3 is 12.1 Å². The van der Waals surface area contributed by atoms with E-state index in [0.29, 0.717) is 23.2 Å². The Morgan fingerprint density at radius 2 is 2.28 bits per heavy atom. The van der Waals surface area contributed by atoms with Crippen LogP contribution in [-0.4, -0.2) is 33.7 Å². The number of carbonyl (C=O) groups is 2. The average Bonchev–Trinajstić information content (AvgIpc) is 2.69. The lowest BCUT2D eigenvalue weighted by Gasteiger charge is -2.00. The van der Waals surface area contributed by atoms with Crippen molar-refractivity contribution in [2.45, 2.75) is 6.92 Å². The van der Waals surface area contributed by atoms with E-state index < -0.39 is 12.1 Å². The van der Waals surface area contributed by atoms with E-state index in [1.807, 2.05) is 0 Å². The van der Waals surface area contributed by atoms with Crippen molar-refractivity contribution in [2.75, 3.05) is 11.9 Å². The van der Waals surface area contributed by atoms with E-state index in [0.717, 1.165) is 0 Å². The van der Waals surface area contributed by atoms with Gasteiger partial charge in [0.2, 0.25) is 5.95 Å². The predicted molar refractivity (Wildman–Crippen MR) is 63.7 cm³/mol. The van der Waals surface area contributed by atoms with Gasteiger partial charge in [0, 0.05) is 0 Å². The first kappa shape index (κ1) is 11.9. The summed E-state index contributed by atoms with van der Waals surface area (Å²) in [7, 11) is 0. The number of nitrogens with one attached hydrogen (secondary N) is 2. The highest BCUT2D eigenvalue weighted by atomic mass is 16.5. The molecule has 0 aliphatic carbocycles. The van der Waals surface area contributed by atoms with Crippen molar-refractivity contribution < 1.29 is 19.4 Å². The lowest BCUT2D eigenvalue weighted by atomic mass is 10.2. The Morgan fingerprint density at radius 3 is 2.94 bits per heavy atom. The third-order valence-electron chi connectivity index (χ3n) is 2.22. The van der Waals surface area contributed by atoms with Gasteiger partial charge in [-0.05, 0) is 25.1 Å². The molecule has 0 radical (unpaired) electrons. The van der Waals surface area contributed by atoms with Crippen LogP contribution in [0, 0.1) is 0 Å². The number of fused-ring (bicyclic) bond motifs is 1. The molecule has 2 rings (SSSR count). The zero-order valence-corrected chi connectivity index (χ0v) is 9.56. The number of rotatable bonds is 3. The second kappa shape index (κ2) is 4.74. The lowest BCUT2D eigenvalue weighted by Crippen LogP contribution is -2.08. The molecule has 7 nitrogen and oxygen atoms in total. The molecule has 0 bridgehead atoms. The Kier molecular flexibility index (Phi) is 3.13. The van der Waals surface area contributed by atoms with Gasteiger partial charge < -0.3 is 14.8 Å². The molecule has 0 unspecified atom stereocenters. The van der Waals surface area contributed by atoms with Gasteiger partial charge in [-0.15, -0.1) is 0 Å². The summed E-state index contributed by atoms with van der Waals surface area (Å²) >= 11 is 0. The number of carbonyl (C=O) groups excluding carboxylic acids is 1. The maximum atomic E-state index is 11.5. The molecule has 3 N–H and O–H groups in total. The number of amides is 1. The maximum absolute atomic E-state index is 11.5. The monoisotopic (exact) mass is 249 g/mol. The second-order valence-electron chi connectivity index (χ2n) is 3.47. The number of imidazole rings is 1. The summed E-state index contributed by atoms with van der Waals surface area (Å²) < 4.78 is 4.87. The maximum Gasteiger partial charge on any atom is 0.411 e. The Bertz CT molecular complexity index is 605. The van der Waals surface area contributed by atoms with E-state index in [-0.39, 0.29) is 5.95 Å². The van der Waals surface area contributed by atoms with Crippen molar-refractivity contribution in [1.29, 1.82) is 0 Å². The number of benzene rings is 1. The number of hydrogen-bond acceptors (Lipinski definition) is 4. The highest BCUT2D eigenvalue weighted by Crippen LogP contribution is 2.16. The van der Waals surface area contributed by atoms with Crippen LogP contribution in [0.25, 0.3) is 11.0 Å². The Labute approximate surface area is 102 Å². The van der Waals surface area contributed by atoms with Crippen LogP contribution >= 0.6 is 0 Å². The fourth-order valence-electron chi connectivity index (χ4n) is 1.51. The number of carboxylic acid groups (broad SMARTS) is 1. The largest absolute Gasteiger partial charge is 0.465 e. The number of H-pyrrole nitrogens is 1. The Balaban J connectivity index is 2.33. The van der Waals surface area contributed by atoms with Crippen LogP contribution < -0.4 is 5.32 Å². The number of nitrogens with zero attached hydrogens (tertiary/aromatic N) is 1. The molecule has 1 aromatic carbocycles. The molecule has 0 fully saturated rings. The molecular formula is C11H11N3O4. The van der Waals surface area contributed by atoms with Crippen LogP contribution in [0.15, 0.2) is 18.2 Å². The van der Waals surface area contributed by atoms with E-state index in [1.165, 1.54) is 0 Å². The number of hydrogen-bond donors (Lipinski definition) is 3. The van der Waals surface area contributed by atoms with E-state index >= 15 is 0 Å². The normalized spacial score (nSPS) is 10.3. The van der Waals surface area contributed by atoms with Crippen LogP contribution in [0.5, 0.6) is 0 Å². The number of esters is 1. The van der Waals surface area contributed by atoms with Gasteiger partial charge in [-0.3, -0.25) is 5.32 Å². The SMILES string of the molecule is CCOC(=O)c1ccc2nc(NC(=O)O)[nH]c2c1. The van der Waals surface area contributed by atoms with Gasteiger partial charge in [0.15, 0.2) is 0 Å². The predicted octanol–water partition coefficient (Wildman–Crippen LogP) is 1.83. The number of aromatic amines is 1. The molecule has 0 aliphatic rings. The summed E-state index contributed by atoms with van der Waals surface area (Å²) in [5.74, 6) is -0.319. The Morgan fingerprint density at radius 1 is 1.50 bits per heavy atom. The van der Waals surface area contributed by atoms with Crippen molar-refractivity contribution in [3.8, 4) is 0 Å². The van der Waals surface area contributed by atoms with Gasteiger partial charge in [0.25, 0.3) is 0 Å². The van der Waals surface area contributed by atoms with Crippen molar-refractivity contribution in [2.24, 2.45) is 0 Å². The fraction of sp³-hybridized carbons (Fsp3) is 0.182. The highest BCUT2D eigenvalue weighted by Gasteiger charge is 2.10. The van der Waals surface area contributed by atoms with Crippen molar-refractivity contribution in [3.05, 3.63) is 23.8 Å². The third-order valence-corrected chi connectivity index (χ3v) is 2.22. The van der Waals surface area contributed by atoms with Crippen molar-refractivity contribution in [3.63, 3.8) is 0 Å². The zero-order valence-electron chi connectivity index (χ0n) is 9.56. The summed E-state index contributed by atoms with van der Waals surface area (Å²) in [6, 6.07) is 4.75. The van der Waals surface area contributed by atoms with Crippen LogP contribution in [0.2, 0.25) is 0 Å². The van der Waals surface area contributed by atoms with Crippen molar-refractivity contribution >= 4 is 29.0 Å². The molecule has 0 saturated carbocycles. The molecular weight excluding hydrogens is 238 g/mol. The molecule has 1 heterocycles. The minimum absolute atomic E-state index is 0.110. The van der Waals surface area contributed by atoms with E-state index in [4.69, 9.17) is 9.84 Å². The fourth-order valence-corrected chi connectivity index (χ4v) is 1.51. The summed E-state index contributed by atoms with van der Waals surface area (Å²) in [6.07, 6.45) is -1.21. The van der Waals surface area contributed by atoms with Crippen LogP contribution in [-0.2, 0) is 4.74 Å². The first-order chi connectivity index (χ1) is 8.60. The molecule has 2 aromatic rings. The van der Waals surface area contributed by atoms with Crippen LogP contribution in [0.4, 0.5) is 10.7 Å². The number of anilines is 1. The molecule has 0 spiro atoms. The van der Waals surface area contributed by atoms with Crippen LogP contribution in [0.1, 0.15) is 17.3 Å². The second-order valence-corrected chi connectivity index (χ2v) is 3.47. The first-order valence-corrected chi connectivity index (χ1v) is 5.27. The summed E-state index contributed by atoms with van der Waals surface area (Å²) in [4.78, 5) is 28.7. The first-order valence-electron chi connectivity index (χ1n) is 5.27. The molecule has 7 heteroatoms. The topological polar surface area (TPSA) is 104 Å². The zero-order chi connectivity index (χ0) is 13.1. The standard InChI is InChI=1S/C11H11N3O4/c1-2-18-9(15)6-3-4-7-8(5-6)13-10(12-7)14-11(16)17/h3-5H,2H2,1H3,(H,16,17)(H2,12,13,14). The molecule has 18 heavy (non-hydrogen) atoms. The molecule has 0 saturated heterocycles. The summed E-state index contributed by atoms with van der Waals surface area (Å²) in [5.41, 5.74) is 1.51. The van der Waals surface area contributed by atoms with E-state index in [9.17, 15) is 9.59 Å². The molecule has 0 aliphatic heterocycles. The lowest BCUT2D eigenvalue weighted by molar-refractivity contribution is 0.0526. The van der Waals surface area contributed by atoms with E-state index in [1.54, 1.807) is 25.1 Å². The third kappa shape index (κ3) is 2.40. The molecule has 0 atom stereocenters. The van der Waals surface area contributed by atoms with E-state index in [2.05, 4.69) is 15.3 Å². The van der Waals surface area contributed by atoms with Crippen molar-refractivity contribution in [1.82, 2.24) is 9.97 Å². The van der Waals surface area contributed by atoms with Gasteiger partial charge in [-0.1, -0.05) is 0 Å². The number of ether oxygens (including phenoxy) is 1. The Hall–Kier alpha value is -2.57. The van der Waals surface area contributed by atoms with Crippen LogP contribution in [0.3, 0.4) is 0 Å². The van der Waals surface area contributed by atoms with Gasteiger partial charge in [-0.25, -0.2) is 14.6 Å². The molecule has 1 amide bonds. The highest BCUT2D eigenvalue weighted by molar-refractivity contribution is 5.94. The average molecular weight is 249 g/mol. The van der Waals surface area contributed by atoms with Gasteiger partial charge in [0.05, 0.1) is 23.2 Å². The molecule has 1 aromatic heterocycles. The van der Waals surface area contributed by atoms with Gasteiger partial charge in [0.1, 0.15) is 0 Å². The number of aromatic nitrogens is 2. The summed E-state index contributed by atoms with van der Waals surface area (Å²) in [6.45, 7) is 2.02. The summed E-state index contributed by atoms with van der Waals surface area (Å²) in [5, 5.41) is 10.7. The minimum atomic E-state index is -1.21. The minimum Gasteiger partial charge on any atom is -0.465 e. The van der Waals surface area contributed by atoms with Gasteiger partial charge in [-0.2, -0.15) is 0 Å².